The fraction of sp³-hybridized carbons (Fsp3) is 0.457. The van der Waals surface area contributed by atoms with Crippen molar-refractivity contribution in [1.82, 2.24) is 9.80 Å². The number of halogens is 1. The van der Waals surface area contributed by atoms with Crippen molar-refractivity contribution >= 4 is 51.1 Å². The van der Waals surface area contributed by atoms with Crippen molar-refractivity contribution in [1.29, 1.82) is 0 Å². The summed E-state index contributed by atoms with van der Waals surface area (Å²) in [5.41, 5.74) is 1.16. The number of rotatable bonds is 11. The minimum Gasteiger partial charge on any atom is -0.394 e. The highest BCUT2D eigenvalue weighted by Crippen LogP contribution is 2.68. The first kappa shape index (κ1) is 32.5. The SMILES string of the molecule is C=CCN(C(=O)[C@H]1[C@H]2C(=O)N([C@@H](CO)Cc3ccccc3)C(C(=O)N(CC=C)C(C)(C)C)C23CC(Br)[C@@H]1S3)c1ccccc1. The number of anilines is 1. The average Bonchev–Trinajstić information content (AvgIpc) is 3.60. The number of likely N-dealkylation sites (tertiary alicyclic amines) is 1. The molecule has 0 aromatic heterocycles. The fourth-order valence-corrected chi connectivity index (χ4v) is 11.0. The number of hydrogen-bond acceptors (Lipinski definition) is 5. The zero-order valence-corrected chi connectivity index (χ0v) is 28.0. The van der Waals surface area contributed by atoms with Crippen molar-refractivity contribution in [3.8, 4) is 0 Å². The van der Waals surface area contributed by atoms with Gasteiger partial charge in [-0.25, -0.2) is 0 Å². The van der Waals surface area contributed by atoms with E-state index in [1.807, 2.05) is 81.4 Å². The summed E-state index contributed by atoms with van der Waals surface area (Å²) >= 11 is 5.49. The first-order valence-corrected chi connectivity index (χ1v) is 17.0. The molecule has 7 nitrogen and oxygen atoms in total. The molecule has 44 heavy (non-hydrogen) atoms. The second-order valence-electron chi connectivity index (χ2n) is 12.9. The third-order valence-electron chi connectivity index (χ3n) is 9.20. The van der Waals surface area contributed by atoms with Crippen LogP contribution in [0.15, 0.2) is 86.0 Å². The highest BCUT2D eigenvalue weighted by Gasteiger charge is 2.76. The van der Waals surface area contributed by atoms with Crippen molar-refractivity contribution < 1.29 is 19.5 Å². The number of carbonyl (C=O) groups excluding carboxylic acids is 3. The van der Waals surface area contributed by atoms with E-state index in [9.17, 15) is 19.5 Å². The van der Waals surface area contributed by atoms with Crippen LogP contribution in [0.5, 0.6) is 0 Å². The maximum atomic E-state index is 14.9. The molecule has 3 fully saturated rings. The lowest BCUT2D eigenvalue weighted by molar-refractivity contribution is -0.148. The Morgan fingerprint density at radius 1 is 1.07 bits per heavy atom. The molecule has 0 saturated carbocycles. The van der Waals surface area contributed by atoms with Crippen LogP contribution < -0.4 is 4.90 Å². The van der Waals surface area contributed by atoms with E-state index < -0.39 is 34.2 Å². The first-order valence-electron chi connectivity index (χ1n) is 15.2. The molecule has 1 N–H and O–H groups in total. The summed E-state index contributed by atoms with van der Waals surface area (Å²) in [6.07, 6.45) is 4.36. The molecule has 3 aliphatic rings. The molecule has 3 heterocycles. The van der Waals surface area contributed by atoms with Gasteiger partial charge in [-0.15, -0.1) is 24.9 Å². The molecule has 2 bridgehead atoms. The van der Waals surface area contributed by atoms with Crippen LogP contribution in [0.25, 0.3) is 0 Å². The van der Waals surface area contributed by atoms with Gasteiger partial charge < -0.3 is 19.8 Å². The average molecular weight is 681 g/mol. The Balaban J connectivity index is 1.63. The van der Waals surface area contributed by atoms with Crippen LogP contribution in [0.2, 0.25) is 0 Å². The fourth-order valence-electron chi connectivity index (χ4n) is 7.37. The number of hydrogen-bond donors (Lipinski definition) is 1. The Hall–Kier alpha value is -2.88. The molecule has 0 radical (unpaired) electrons. The van der Waals surface area contributed by atoms with Gasteiger partial charge in [0, 0.05) is 34.4 Å². The van der Waals surface area contributed by atoms with Gasteiger partial charge in [0.05, 0.1) is 29.2 Å². The zero-order valence-electron chi connectivity index (χ0n) is 25.6. The van der Waals surface area contributed by atoms with Crippen LogP contribution >= 0.6 is 27.7 Å². The molecule has 5 rings (SSSR count). The van der Waals surface area contributed by atoms with Gasteiger partial charge in [-0.1, -0.05) is 76.6 Å². The lowest BCUT2D eigenvalue weighted by Crippen LogP contribution is -2.61. The van der Waals surface area contributed by atoms with Crippen LogP contribution in [-0.4, -0.2) is 84.8 Å². The van der Waals surface area contributed by atoms with Crippen molar-refractivity contribution in [2.24, 2.45) is 11.8 Å². The number of aliphatic hydroxyl groups excluding tert-OH is 1. The Bertz CT molecular complexity index is 1400. The van der Waals surface area contributed by atoms with Gasteiger partial charge in [0.15, 0.2) is 0 Å². The predicted molar refractivity (Wildman–Crippen MR) is 181 cm³/mol. The van der Waals surface area contributed by atoms with E-state index in [2.05, 4.69) is 29.1 Å². The maximum Gasteiger partial charge on any atom is 0.247 e. The predicted octanol–water partition coefficient (Wildman–Crippen LogP) is 5.09. The molecular formula is C35H42BrN3O4S. The molecule has 2 aromatic rings. The first-order chi connectivity index (χ1) is 21.0. The summed E-state index contributed by atoms with van der Waals surface area (Å²) in [6, 6.07) is 17.7. The van der Waals surface area contributed by atoms with E-state index in [1.54, 1.807) is 38.6 Å². The normalized spacial score (nSPS) is 28.0. The molecule has 3 amide bonds. The lowest BCUT2D eigenvalue weighted by atomic mass is 9.70. The van der Waals surface area contributed by atoms with Gasteiger partial charge in [0.2, 0.25) is 17.7 Å². The monoisotopic (exact) mass is 679 g/mol. The summed E-state index contributed by atoms with van der Waals surface area (Å²) in [6.45, 7) is 14.0. The van der Waals surface area contributed by atoms with Crippen LogP contribution in [0.1, 0.15) is 32.8 Å². The number of nitrogens with zero attached hydrogens (tertiary/aromatic N) is 3. The van der Waals surface area contributed by atoms with E-state index in [0.29, 0.717) is 25.9 Å². The van der Waals surface area contributed by atoms with Gasteiger partial charge in [0.1, 0.15) is 6.04 Å². The Morgan fingerprint density at radius 3 is 2.25 bits per heavy atom. The van der Waals surface area contributed by atoms with E-state index in [-0.39, 0.29) is 34.4 Å². The van der Waals surface area contributed by atoms with Gasteiger partial charge in [-0.3, -0.25) is 14.4 Å². The minimum absolute atomic E-state index is 0.0636. The van der Waals surface area contributed by atoms with Gasteiger partial charge in [-0.2, -0.15) is 0 Å². The van der Waals surface area contributed by atoms with Crippen LogP contribution in [0.4, 0.5) is 5.69 Å². The minimum atomic E-state index is -0.850. The number of alkyl halides is 1. The topological polar surface area (TPSA) is 81.2 Å². The lowest BCUT2D eigenvalue weighted by Gasteiger charge is -2.43. The van der Waals surface area contributed by atoms with Crippen molar-refractivity contribution in [3.05, 3.63) is 91.5 Å². The van der Waals surface area contributed by atoms with Crippen molar-refractivity contribution in [3.63, 3.8) is 0 Å². The highest BCUT2D eigenvalue weighted by molar-refractivity contribution is 9.09. The Kier molecular flexibility index (Phi) is 9.50. The van der Waals surface area contributed by atoms with E-state index in [0.717, 1.165) is 11.3 Å². The zero-order chi connectivity index (χ0) is 31.8. The maximum absolute atomic E-state index is 14.9. The van der Waals surface area contributed by atoms with Crippen molar-refractivity contribution in [2.75, 3.05) is 24.6 Å². The molecular weight excluding hydrogens is 638 g/mol. The number of carbonyl (C=O) groups is 3. The number of fused-ring (bicyclic) bond motifs is 1. The number of aliphatic hydroxyl groups is 1. The number of amides is 3. The summed E-state index contributed by atoms with van der Waals surface area (Å²) in [5.74, 6) is -1.91. The molecule has 3 aliphatic heterocycles. The standard InChI is InChI=1S/C35H42BrN3O4S/c1-6-18-37(24-16-12-9-13-17-24)31(41)27-28-32(42)39(25(22-40)20-23-14-10-8-11-15-23)30(35(28)21-26(36)29(27)44-35)33(43)38(19-7-2)34(3,4)5/h6-17,25-30,40H,1-2,18-22H2,3-5H3/t25-,26?,27+,28+,29+,30?,35?/m1/s1. The molecule has 7 atom stereocenters. The van der Waals surface area contributed by atoms with Crippen LogP contribution in [0.3, 0.4) is 0 Å². The largest absolute Gasteiger partial charge is 0.394 e. The number of thioether (sulfide) groups is 1. The van der Waals surface area contributed by atoms with E-state index >= 15 is 0 Å². The van der Waals surface area contributed by atoms with E-state index in [4.69, 9.17) is 0 Å². The molecule has 3 unspecified atom stereocenters. The Morgan fingerprint density at radius 2 is 1.68 bits per heavy atom. The summed E-state index contributed by atoms with van der Waals surface area (Å²) < 4.78 is -0.835. The summed E-state index contributed by atoms with van der Waals surface area (Å²) in [5, 5.41) is 10.6. The van der Waals surface area contributed by atoms with Crippen LogP contribution in [0, 0.1) is 11.8 Å². The molecule has 3 saturated heterocycles. The van der Waals surface area contributed by atoms with E-state index in [1.165, 1.54) is 0 Å². The molecule has 9 heteroatoms. The van der Waals surface area contributed by atoms with Gasteiger partial charge >= 0.3 is 0 Å². The highest BCUT2D eigenvalue weighted by atomic mass is 79.9. The third kappa shape index (κ3) is 5.56. The number of para-hydroxylation sites is 1. The summed E-state index contributed by atoms with van der Waals surface area (Å²) in [4.78, 5) is 49.3. The summed E-state index contributed by atoms with van der Waals surface area (Å²) in [7, 11) is 0. The Labute approximate surface area is 273 Å². The smallest absolute Gasteiger partial charge is 0.247 e. The molecule has 2 aromatic carbocycles. The van der Waals surface area contributed by atoms with Crippen LogP contribution in [-0.2, 0) is 20.8 Å². The van der Waals surface area contributed by atoms with Crippen molar-refractivity contribution in [2.45, 2.75) is 66.1 Å². The van der Waals surface area contributed by atoms with Gasteiger partial charge in [0.25, 0.3) is 0 Å². The third-order valence-corrected chi connectivity index (χ3v) is 12.4. The molecule has 234 valence electrons. The molecule has 1 spiro atoms. The number of benzene rings is 2. The second kappa shape index (κ2) is 12.9. The quantitative estimate of drug-likeness (QED) is 0.265. The second-order valence-corrected chi connectivity index (χ2v) is 15.6. The van der Waals surface area contributed by atoms with Gasteiger partial charge in [-0.05, 0) is 51.3 Å². The molecule has 0 aliphatic carbocycles.